The van der Waals surface area contributed by atoms with Crippen LogP contribution in [0.4, 0.5) is 4.39 Å². The molecule has 0 amide bonds. The summed E-state index contributed by atoms with van der Waals surface area (Å²) in [7, 11) is 1.25. The smallest absolute Gasteiger partial charge is 0.340 e. The number of nitrogens with zero attached hydrogens (tertiary/aromatic N) is 1. The summed E-state index contributed by atoms with van der Waals surface area (Å²) in [6.07, 6.45) is 0. The van der Waals surface area contributed by atoms with Crippen molar-refractivity contribution >= 4 is 17.7 Å². The van der Waals surface area contributed by atoms with Gasteiger partial charge in [0.15, 0.2) is 0 Å². The minimum atomic E-state index is -0.634. The molecule has 110 valence electrons. The average molecular weight is 297 g/mol. The fourth-order valence-corrected chi connectivity index (χ4v) is 3.99. The predicted octanol–water partition coefficient (Wildman–Crippen LogP) is 2.94. The van der Waals surface area contributed by atoms with Crippen molar-refractivity contribution in [1.29, 1.82) is 0 Å². The van der Waals surface area contributed by atoms with Gasteiger partial charge in [-0.3, -0.25) is 4.90 Å². The molecule has 1 saturated heterocycles. The number of benzene rings is 1. The Morgan fingerprint density at radius 2 is 2.05 bits per heavy atom. The highest BCUT2D eigenvalue weighted by Gasteiger charge is 2.22. The molecule has 2 rings (SSSR count). The number of hydrogen-bond acceptors (Lipinski definition) is 4. The minimum Gasteiger partial charge on any atom is -0.465 e. The Labute approximate surface area is 123 Å². The molecule has 0 spiro atoms. The normalized spacial score (nSPS) is 23.6. The molecule has 0 aliphatic carbocycles. The van der Waals surface area contributed by atoms with Crippen molar-refractivity contribution in [2.24, 2.45) is 0 Å². The first-order valence-electron chi connectivity index (χ1n) is 6.74. The number of rotatable bonds is 3. The van der Waals surface area contributed by atoms with E-state index >= 15 is 0 Å². The Kier molecular flexibility index (Phi) is 5.05. The van der Waals surface area contributed by atoms with Crippen LogP contribution in [0.15, 0.2) is 18.2 Å². The summed E-state index contributed by atoms with van der Waals surface area (Å²) in [5, 5.41) is 1.19. The molecular weight excluding hydrogens is 277 g/mol. The van der Waals surface area contributed by atoms with E-state index in [0.29, 0.717) is 17.0 Å². The van der Waals surface area contributed by atoms with Gasteiger partial charge in [-0.05, 0) is 17.7 Å². The van der Waals surface area contributed by atoms with Crippen LogP contribution in [0.25, 0.3) is 0 Å². The lowest BCUT2D eigenvalue weighted by molar-refractivity contribution is 0.0595. The molecule has 3 nitrogen and oxygen atoms in total. The van der Waals surface area contributed by atoms with E-state index < -0.39 is 11.8 Å². The molecule has 1 fully saturated rings. The molecule has 0 bridgehead atoms. The molecular formula is C15H20FNO2S. The van der Waals surface area contributed by atoms with Crippen LogP contribution in [0.2, 0.25) is 0 Å². The molecule has 2 unspecified atom stereocenters. The summed E-state index contributed by atoms with van der Waals surface area (Å²) in [5.41, 5.74) is 0.883. The summed E-state index contributed by atoms with van der Waals surface area (Å²) in [4.78, 5) is 13.7. The molecule has 0 aromatic heterocycles. The van der Waals surface area contributed by atoms with Crippen molar-refractivity contribution in [1.82, 2.24) is 4.90 Å². The summed E-state index contributed by atoms with van der Waals surface area (Å²) >= 11 is 1.99. The quantitative estimate of drug-likeness (QED) is 0.802. The number of halogens is 1. The number of carbonyl (C=O) groups excluding carboxylic acids is 1. The van der Waals surface area contributed by atoms with E-state index in [0.717, 1.165) is 18.7 Å². The second-order valence-corrected chi connectivity index (χ2v) is 7.14. The molecule has 1 heterocycles. The van der Waals surface area contributed by atoms with Gasteiger partial charge in [0, 0.05) is 30.1 Å². The maximum atomic E-state index is 13.9. The lowest BCUT2D eigenvalue weighted by Crippen LogP contribution is -2.39. The maximum Gasteiger partial charge on any atom is 0.340 e. The Morgan fingerprint density at radius 3 is 2.60 bits per heavy atom. The second-order valence-electron chi connectivity index (χ2n) is 5.26. The molecule has 5 heteroatoms. The van der Waals surface area contributed by atoms with Gasteiger partial charge in [0.05, 0.1) is 12.7 Å². The predicted molar refractivity (Wildman–Crippen MR) is 79.5 cm³/mol. The van der Waals surface area contributed by atoms with Crippen molar-refractivity contribution in [2.75, 3.05) is 20.2 Å². The van der Waals surface area contributed by atoms with Gasteiger partial charge in [0.1, 0.15) is 5.82 Å². The highest BCUT2D eigenvalue weighted by atomic mass is 32.2. The summed E-state index contributed by atoms with van der Waals surface area (Å²) in [6, 6.07) is 4.73. The van der Waals surface area contributed by atoms with Crippen LogP contribution in [0.5, 0.6) is 0 Å². The fraction of sp³-hybridized carbons (Fsp3) is 0.533. The van der Waals surface area contributed by atoms with E-state index in [1.54, 1.807) is 6.07 Å². The first-order valence-corrected chi connectivity index (χ1v) is 7.68. The first kappa shape index (κ1) is 15.3. The largest absolute Gasteiger partial charge is 0.465 e. The zero-order valence-corrected chi connectivity index (χ0v) is 12.9. The number of carbonyl (C=O) groups is 1. The number of thioether (sulfide) groups is 1. The van der Waals surface area contributed by atoms with Crippen LogP contribution in [-0.2, 0) is 11.3 Å². The van der Waals surface area contributed by atoms with Gasteiger partial charge < -0.3 is 4.74 Å². The van der Waals surface area contributed by atoms with Gasteiger partial charge in [-0.25, -0.2) is 9.18 Å². The monoisotopic (exact) mass is 297 g/mol. The van der Waals surface area contributed by atoms with Crippen LogP contribution in [0.1, 0.15) is 29.8 Å². The van der Waals surface area contributed by atoms with E-state index in [9.17, 15) is 9.18 Å². The summed E-state index contributed by atoms with van der Waals surface area (Å²) < 4.78 is 18.4. The summed E-state index contributed by atoms with van der Waals surface area (Å²) in [6.45, 7) is 7.17. The van der Waals surface area contributed by atoms with Crippen LogP contribution >= 0.6 is 11.8 Å². The lowest BCUT2D eigenvalue weighted by Gasteiger charge is -2.34. The fourth-order valence-electron chi connectivity index (χ4n) is 2.60. The number of hydrogen-bond donors (Lipinski definition) is 0. The highest BCUT2D eigenvalue weighted by molar-refractivity contribution is 8.00. The highest BCUT2D eigenvalue weighted by Crippen LogP contribution is 2.26. The zero-order valence-electron chi connectivity index (χ0n) is 12.1. The minimum absolute atomic E-state index is 0.00724. The lowest BCUT2D eigenvalue weighted by atomic mass is 10.1. The molecule has 1 aromatic rings. The van der Waals surface area contributed by atoms with Crippen LogP contribution in [0, 0.1) is 5.82 Å². The standard InChI is InChI=1S/C15H20FNO2S/c1-10-7-17(8-11(2)20-10)9-12-4-5-13(14(16)6-12)15(18)19-3/h4-6,10-11H,7-9H2,1-3H3. The first-order chi connectivity index (χ1) is 9.49. The van der Waals surface area contributed by atoms with E-state index in [-0.39, 0.29) is 5.56 Å². The third-order valence-electron chi connectivity index (χ3n) is 3.34. The molecule has 20 heavy (non-hydrogen) atoms. The van der Waals surface area contributed by atoms with Crippen LogP contribution in [0.3, 0.4) is 0 Å². The van der Waals surface area contributed by atoms with Crippen molar-refractivity contribution in [3.05, 3.63) is 35.1 Å². The Hall–Kier alpha value is -1.07. The van der Waals surface area contributed by atoms with Crippen molar-refractivity contribution in [2.45, 2.75) is 30.9 Å². The number of esters is 1. The van der Waals surface area contributed by atoms with Gasteiger partial charge in [0.25, 0.3) is 0 Å². The van der Waals surface area contributed by atoms with Crippen LogP contribution < -0.4 is 0 Å². The van der Waals surface area contributed by atoms with Crippen molar-refractivity contribution in [3.8, 4) is 0 Å². The molecule has 2 atom stereocenters. The molecule has 1 aliphatic heterocycles. The molecule has 0 N–H and O–H groups in total. The molecule has 1 aliphatic rings. The number of methoxy groups -OCH3 is 1. The van der Waals surface area contributed by atoms with Crippen molar-refractivity contribution < 1.29 is 13.9 Å². The third-order valence-corrected chi connectivity index (χ3v) is 4.57. The number of ether oxygens (including phenoxy) is 1. The Balaban J connectivity index is 2.07. The SMILES string of the molecule is COC(=O)c1ccc(CN2CC(C)SC(C)C2)cc1F. The summed E-state index contributed by atoms with van der Waals surface area (Å²) in [5.74, 6) is -1.15. The molecule has 1 aromatic carbocycles. The second kappa shape index (κ2) is 6.59. The molecule has 0 radical (unpaired) electrons. The Bertz CT molecular complexity index is 485. The van der Waals surface area contributed by atoms with Gasteiger partial charge in [-0.1, -0.05) is 19.9 Å². The van der Waals surface area contributed by atoms with E-state index in [2.05, 4.69) is 23.5 Å². The third kappa shape index (κ3) is 3.73. The van der Waals surface area contributed by atoms with E-state index in [4.69, 9.17) is 0 Å². The van der Waals surface area contributed by atoms with Crippen molar-refractivity contribution in [3.63, 3.8) is 0 Å². The van der Waals surface area contributed by atoms with Gasteiger partial charge in [0.2, 0.25) is 0 Å². The van der Waals surface area contributed by atoms with Crippen LogP contribution in [-0.4, -0.2) is 41.6 Å². The van der Waals surface area contributed by atoms with E-state index in [1.165, 1.54) is 19.2 Å². The Morgan fingerprint density at radius 1 is 1.40 bits per heavy atom. The van der Waals surface area contributed by atoms with Gasteiger partial charge in [-0.15, -0.1) is 0 Å². The topological polar surface area (TPSA) is 29.5 Å². The molecule has 0 saturated carbocycles. The van der Waals surface area contributed by atoms with Gasteiger partial charge in [-0.2, -0.15) is 11.8 Å². The van der Waals surface area contributed by atoms with Gasteiger partial charge >= 0.3 is 5.97 Å². The average Bonchev–Trinajstić information content (AvgIpc) is 2.36. The maximum absolute atomic E-state index is 13.9. The zero-order chi connectivity index (χ0) is 14.7. The van der Waals surface area contributed by atoms with E-state index in [1.807, 2.05) is 11.8 Å².